The van der Waals surface area contributed by atoms with E-state index in [-0.39, 0.29) is 17.9 Å². The number of nitrogens with zero attached hydrogens (tertiary/aromatic N) is 2. The third-order valence-corrected chi connectivity index (χ3v) is 6.39. The standard InChI is InChI=1S/C29H34N4O3/c1-21-10-12-23(13-11-21)16-17-30-28(24-7-4-3-5-8-24)29(35)32-27-15-14-25(19-31-27)36-26-9-6-18-33(20-26)22(2)34/h3-5,7-8,10-15,19,26,28,30H,6,9,16-18,20H2,1-2H3,(H,31,32,35)/t26-,28+/m1/s1. The molecule has 1 fully saturated rings. The molecular weight excluding hydrogens is 452 g/mol. The lowest BCUT2D eigenvalue weighted by molar-refractivity contribution is -0.131. The van der Waals surface area contributed by atoms with Gasteiger partial charge in [0.25, 0.3) is 0 Å². The maximum atomic E-state index is 13.2. The predicted molar refractivity (Wildman–Crippen MR) is 141 cm³/mol. The highest BCUT2D eigenvalue weighted by Crippen LogP contribution is 2.20. The summed E-state index contributed by atoms with van der Waals surface area (Å²) in [5, 5.41) is 6.33. The molecule has 0 spiro atoms. The molecule has 2 aromatic carbocycles. The van der Waals surface area contributed by atoms with Crippen molar-refractivity contribution in [3.63, 3.8) is 0 Å². The molecule has 188 valence electrons. The third kappa shape index (κ3) is 7.15. The Kier molecular flexibility index (Phi) is 8.68. The van der Waals surface area contributed by atoms with Crippen molar-refractivity contribution in [1.29, 1.82) is 0 Å². The van der Waals surface area contributed by atoms with Crippen LogP contribution >= 0.6 is 0 Å². The van der Waals surface area contributed by atoms with Crippen molar-refractivity contribution in [1.82, 2.24) is 15.2 Å². The van der Waals surface area contributed by atoms with Crippen LogP contribution < -0.4 is 15.4 Å². The van der Waals surface area contributed by atoms with Crippen LogP contribution in [0.2, 0.25) is 0 Å². The number of pyridine rings is 1. The number of aromatic nitrogens is 1. The summed E-state index contributed by atoms with van der Waals surface area (Å²) in [5.41, 5.74) is 3.35. The molecule has 0 radical (unpaired) electrons. The van der Waals surface area contributed by atoms with Crippen LogP contribution in [-0.2, 0) is 16.0 Å². The Morgan fingerprint density at radius 3 is 2.56 bits per heavy atom. The molecule has 2 amide bonds. The first-order valence-corrected chi connectivity index (χ1v) is 12.5. The van der Waals surface area contributed by atoms with Crippen molar-refractivity contribution < 1.29 is 14.3 Å². The molecule has 4 rings (SSSR count). The maximum absolute atomic E-state index is 13.2. The van der Waals surface area contributed by atoms with Crippen molar-refractivity contribution in [3.05, 3.63) is 89.6 Å². The molecule has 3 aromatic rings. The molecule has 0 aliphatic carbocycles. The van der Waals surface area contributed by atoms with E-state index in [0.717, 1.165) is 31.4 Å². The third-order valence-electron chi connectivity index (χ3n) is 6.39. The van der Waals surface area contributed by atoms with Gasteiger partial charge in [0.15, 0.2) is 0 Å². The minimum Gasteiger partial charge on any atom is -0.487 e. The fourth-order valence-electron chi connectivity index (χ4n) is 4.36. The van der Waals surface area contributed by atoms with E-state index in [1.165, 1.54) is 11.1 Å². The number of hydrogen-bond acceptors (Lipinski definition) is 5. The lowest BCUT2D eigenvalue weighted by Crippen LogP contribution is -2.43. The van der Waals surface area contributed by atoms with Crippen LogP contribution in [0.15, 0.2) is 72.9 Å². The topological polar surface area (TPSA) is 83.6 Å². The molecule has 0 bridgehead atoms. The van der Waals surface area contributed by atoms with Gasteiger partial charge in [-0.15, -0.1) is 0 Å². The zero-order valence-corrected chi connectivity index (χ0v) is 20.9. The van der Waals surface area contributed by atoms with Gasteiger partial charge in [0.1, 0.15) is 23.7 Å². The highest BCUT2D eigenvalue weighted by atomic mass is 16.5. The molecule has 1 aliphatic rings. The Morgan fingerprint density at radius 1 is 1.08 bits per heavy atom. The van der Waals surface area contributed by atoms with Gasteiger partial charge in [0.2, 0.25) is 11.8 Å². The van der Waals surface area contributed by atoms with Gasteiger partial charge in [0, 0.05) is 20.0 Å². The smallest absolute Gasteiger partial charge is 0.247 e. The quantitative estimate of drug-likeness (QED) is 0.471. The van der Waals surface area contributed by atoms with Gasteiger partial charge in [-0.3, -0.25) is 9.59 Å². The minimum absolute atomic E-state index is 0.0509. The molecule has 7 heteroatoms. The summed E-state index contributed by atoms with van der Waals surface area (Å²) < 4.78 is 6.03. The molecular formula is C29H34N4O3. The van der Waals surface area contributed by atoms with Gasteiger partial charge >= 0.3 is 0 Å². The number of carbonyl (C=O) groups is 2. The summed E-state index contributed by atoms with van der Waals surface area (Å²) in [6, 6.07) is 21.2. The second kappa shape index (κ2) is 12.3. The molecule has 36 heavy (non-hydrogen) atoms. The number of ether oxygens (including phenoxy) is 1. The van der Waals surface area contributed by atoms with Crippen molar-refractivity contribution in [2.24, 2.45) is 0 Å². The van der Waals surface area contributed by atoms with E-state index in [4.69, 9.17) is 4.74 Å². The lowest BCUT2D eigenvalue weighted by atomic mass is 10.1. The molecule has 7 nitrogen and oxygen atoms in total. The van der Waals surface area contributed by atoms with Crippen LogP contribution in [0.4, 0.5) is 5.82 Å². The van der Waals surface area contributed by atoms with Gasteiger partial charge in [-0.1, -0.05) is 60.2 Å². The molecule has 1 aliphatic heterocycles. The van der Waals surface area contributed by atoms with Crippen LogP contribution in [0.3, 0.4) is 0 Å². The number of rotatable bonds is 9. The molecule has 0 unspecified atom stereocenters. The Balaban J connectivity index is 1.35. The zero-order valence-electron chi connectivity index (χ0n) is 20.9. The van der Waals surface area contributed by atoms with E-state index in [1.54, 1.807) is 25.3 Å². The number of nitrogens with one attached hydrogen (secondary N) is 2. The summed E-state index contributed by atoms with van der Waals surface area (Å²) in [6.45, 7) is 5.68. The fraction of sp³-hybridized carbons (Fsp3) is 0.345. The predicted octanol–water partition coefficient (Wildman–Crippen LogP) is 4.29. The van der Waals surface area contributed by atoms with Gasteiger partial charge < -0.3 is 20.3 Å². The normalized spacial score (nSPS) is 16.3. The average Bonchev–Trinajstić information content (AvgIpc) is 2.89. The van der Waals surface area contributed by atoms with Crippen molar-refractivity contribution >= 4 is 17.6 Å². The molecule has 2 N–H and O–H groups in total. The molecule has 2 heterocycles. The molecule has 0 saturated carbocycles. The van der Waals surface area contributed by atoms with Crippen molar-refractivity contribution in [3.8, 4) is 5.75 Å². The van der Waals surface area contributed by atoms with Crippen LogP contribution in [0.1, 0.15) is 42.5 Å². The fourth-order valence-corrected chi connectivity index (χ4v) is 4.36. The van der Waals surface area contributed by atoms with Crippen LogP contribution in [-0.4, -0.2) is 47.4 Å². The summed E-state index contributed by atoms with van der Waals surface area (Å²) >= 11 is 0. The second-order valence-electron chi connectivity index (χ2n) is 9.25. The van der Waals surface area contributed by atoms with E-state index in [1.807, 2.05) is 35.2 Å². The van der Waals surface area contributed by atoms with Gasteiger partial charge in [-0.2, -0.15) is 0 Å². The number of carbonyl (C=O) groups excluding carboxylic acids is 2. The Hall–Kier alpha value is -3.71. The molecule has 1 saturated heterocycles. The van der Waals surface area contributed by atoms with Crippen LogP contribution in [0.5, 0.6) is 5.75 Å². The van der Waals surface area contributed by atoms with Crippen LogP contribution in [0, 0.1) is 6.92 Å². The second-order valence-corrected chi connectivity index (χ2v) is 9.25. The summed E-state index contributed by atoms with van der Waals surface area (Å²) in [7, 11) is 0. The zero-order chi connectivity index (χ0) is 25.3. The monoisotopic (exact) mass is 486 g/mol. The van der Waals surface area contributed by atoms with E-state index in [0.29, 0.717) is 24.7 Å². The molecule has 1 aromatic heterocycles. The maximum Gasteiger partial charge on any atom is 0.247 e. The Labute approximate surface area is 212 Å². The Morgan fingerprint density at radius 2 is 1.86 bits per heavy atom. The number of amides is 2. The number of hydrogen-bond donors (Lipinski definition) is 2. The first-order chi connectivity index (χ1) is 17.5. The average molecular weight is 487 g/mol. The van der Waals surface area contributed by atoms with Gasteiger partial charge in [-0.25, -0.2) is 4.98 Å². The Bertz CT molecular complexity index is 1130. The first kappa shape index (κ1) is 25.4. The van der Waals surface area contributed by atoms with Crippen molar-refractivity contribution in [2.75, 3.05) is 25.0 Å². The summed E-state index contributed by atoms with van der Waals surface area (Å²) in [6.07, 6.45) is 4.21. The number of aryl methyl sites for hydroxylation is 1. The SMILES string of the molecule is CC(=O)N1CCC[C@@H](Oc2ccc(NC(=O)[C@@H](NCCc3ccc(C)cc3)c3ccccc3)nc2)C1. The number of likely N-dealkylation sites (tertiary alicyclic amines) is 1. The van der Waals surface area contributed by atoms with E-state index in [2.05, 4.69) is 46.8 Å². The van der Waals surface area contributed by atoms with E-state index < -0.39 is 6.04 Å². The van der Waals surface area contributed by atoms with E-state index in [9.17, 15) is 9.59 Å². The van der Waals surface area contributed by atoms with E-state index >= 15 is 0 Å². The largest absolute Gasteiger partial charge is 0.487 e. The van der Waals surface area contributed by atoms with Gasteiger partial charge in [-0.05, 0) is 49.4 Å². The van der Waals surface area contributed by atoms with Crippen LogP contribution in [0.25, 0.3) is 0 Å². The highest BCUT2D eigenvalue weighted by Gasteiger charge is 2.23. The summed E-state index contributed by atoms with van der Waals surface area (Å²) in [4.78, 5) is 31.1. The molecule has 2 atom stereocenters. The highest BCUT2D eigenvalue weighted by molar-refractivity contribution is 5.94. The number of anilines is 1. The van der Waals surface area contributed by atoms with Crippen molar-refractivity contribution in [2.45, 2.75) is 45.3 Å². The number of benzene rings is 2. The number of piperidine rings is 1. The van der Waals surface area contributed by atoms with Gasteiger partial charge in [0.05, 0.1) is 12.7 Å². The first-order valence-electron chi connectivity index (χ1n) is 12.5. The minimum atomic E-state index is -0.505. The summed E-state index contributed by atoms with van der Waals surface area (Å²) in [5.74, 6) is 0.984. The lowest BCUT2D eigenvalue weighted by Gasteiger charge is -2.32.